The molecule has 3 aliphatic rings. The van der Waals surface area contributed by atoms with Crippen molar-refractivity contribution in [3.63, 3.8) is 0 Å². The van der Waals surface area contributed by atoms with E-state index in [1.807, 2.05) is 47.0 Å². The number of aromatic nitrogens is 2. The van der Waals surface area contributed by atoms with Crippen LogP contribution in [0.4, 0.5) is 0 Å². The summed E-state index contributed by atoms with van der Waals surface area (Å²) >= 11 is 12.0. The van der Waals surface area contributed by atoms with Gasteiger partial charge < -0.3 is 0 Å². The third-order valence-corrected chi connectivity index (χ3v) is 16.1. The number of hydrogen-bond acceptors (Lipinski definition) is 8. The molecule has 134 valence electrons. The van der Waals surface area contributed by atoms with Crippen LogP contribution in [0.5, 0.6) is 0 Å². The quantitative estimate of drug-likeness (QED) is 0.386. The Morgan fingerprint density at radius 1 is 0.667 bits per heavy atom. The molecule has 3 aliphatic heterocycles. The van der Waals surface area contributed by atoms with Gasteiger partial charge in [-0.05, 0) is 0 Å². The number of fused-ring (bicyclic) bond motifs is 2. The molecule has 5 heterocycles. The molecule has 0 atom stereocenters. The number of benzene rings is 1. The average Bonchev–Trinajstić information content (AvgIpc) is 3.41. The molecule has 0 aliphatic carbocycles. The second-order valence-corrected chi connectivity index (χ2v) is 15.2. The molecule has 27 heavy (non-hydrogen) atoms. The number of hydrogen-bond donors (Lipinski definition) is 0. The van der Waals surface area contributed by atoms with Crippen LogP contribution in [0.2, 0.25) is 0 Å². The van der Waals surface area contributed by atoms with Crippen molar-refractivity contribution in [2.45, 2.75) is 10.1 Å². The van der Waals surface area contributed by atoms with Crippen molar-refractivity contribution in [2.24, 2.45) is 0 Å². The van der Waals surface area contributed by atoms with Crippen molar-refractivity contribution in [2.75, 3.05) is 11.5 Å². The van der Waals surface area contributed by atoms with Gasteiger partial charge in [-0.25, -0.2) is 0 Å². The second kappa shape index (κ2) is 7.43. The Labute approximate surface area is 187 Å². The van der Waals surface area contributed by atoms with E-state index in [-0.39, 0.29) is 0 Å². The summed E-state index contributed by atoms with van der Waals surface area (Å²) < 4.78 is 8.99. The Balaban J connectivity index is 1.56. The van der Waals surface area contributed by atoms with Crippen molar-refractivity contribution in [3.8, 4) is 0 Å². The van der Waals surface area contributed by atoms with Gasteiger partial charge in [0.25, 0.3) is 0 Å². The van der Waals surface area contributed by atoms with Gasteiger partial charge in [0.2, 0.25) is 0 Å². The molecular weight excluding hydrogens is 516 g/mol. The summed E-state index contributed by atoms with van der Waals surface area (Å²) in [5.41, 5.74) is 0. The van der Waals surface area contributed by atoms with E-state index in [1.54, 1.807) is 40.0 Å². The third-order valence-electron chi connectivity index (χ3n) is 4.09. The molecule has 2 nitrogen and oxygen atoms in total. The molecular formula is C18H10N2S6Se. The first-order chi connectivity index (χ1) is 13.4. The molecule has 0 saturated heterocycles. The van der Waals surface area contributed by atoms with E-state index in [0.717, 1.165) is 10.1 Å². The summed E-state index contributed by atoms with van der Waals surface area (Å²) in [6.07, 6.45) is 3.58. The second-order valence-electron chi connectivity index (χ2n) is 5.73. The Hall–Kier alpha value is 0.139. The Morgan fingerprint density at radius 2 is 1.19 bits per heavy atom. The Kier molecular flexibility index (Phi) is 4.94. The molecule has 2 aromatic heterocycles. The minimum atomic E-state index is 0.320. The van der Waals surface area contributed by atoms with Gasteiger partial charge in [0.15, 0.2) is 0 Å². The van der Waals surface area contributed by atoms with Crippen LogP contribution in [0, 0.1) is 0 Å². The number of rotatable bonds is 0. The number of thioether (sulfide) groups is 6. The van der Waals surface area contributed by atoms with Crippen molar-refractivity contribution >= 4 is 104 Å². The average molecular weight is 526 g/mol. The van der Waals surface area contributed by atoms with Crippen LogP contribution in [-0.4, -0.2) is 36.0 Å². The third kappa shape index (κ3) is 3.19. The van der Waals surface area contributed by atoms with Crippen LogP contribution in [0.15, 0.2) is 55.2 Å². The molecule has 0 spiro atoms. The predicted molar refractivity (Wildman–Crippen MR) is 128 cm³/mol. The molecule has 0 fully saturated rings. The summed E-state index contributed by atoms with van der Waals surface area (Å²) in [6, 6.07) is 8.94. The molecule has 0 N–H and O–H groups in total. The van der Waals surface area contributed by atoms with Gasteiger partial charge in [0, 0.05) is 0 Å². The summed E-state index contributed by atoms with van der Waals surface area (Å²) in [5.74, 6) is 2.48. The summed E-state index contributed by atoms with van der Waals surface area (Å²) in [5, 5.41) is 4.94. The van der Waals surface area contributed by atoms with Crippen LogP contribution in [0.1, 0.15) is 0 Å². The fraction of sp³-hybridized carbons (Fsp3) is 0.111. The summed E-state index contributed by atoms with van der Waals surface area (Å²) in [7, 11) is 0. The van der Waals surface area contributed by atoms with E-state index in [0.29, 0.717) is 14.5 Å². The van der Waals surface area contributed by atoms with E-state index in [2.05, 4.69) is 34.2 Å². The van der Waals surface area contributed by atoms with Gasteiger partial charge in [-0.3, -0.25) is 0 Å². The summed E-state index contributed by atoms with van der Waals surface area (Å²) in [4.78, 5) is 9.00. The molecule has 3 aromatic rings. The van der Waals surface area contributed by atoms with Crippen molar-refractivity contribution in [1.29, 1.82) is 0 Å². The van der Waals surface area contributed by atoms with Gasteiger partial charge in [-0.15, -0.1) is 0 Å². The fourth-order valence-corrected chi connectivity index (χ4v) is 14.8. The predicted octanol–water partition coefficient (Wildman–Crippen LogP) is 4.80. The van der Waals surface area contributed by atoms with Crippen LogP contribution < -0.4 is 8.19 Å². The molecule has 1 aromatic carbocycles. The van der Waals surface area contributed by atoms with Crippen LogP contribution in [0.25, 0.3) is 19.2 Å². The van der Waals surface area contributed by atoms with Crippen LogP contribution >= 0.6 is 70.6 Å². The van der Waals surface area contributed by atoms with Gasteiger partial charge in [-0.1, -0.05) is 0 Å². The molecule has 6 rings (SSSR count). The minimum absolute atomic E-state index is 0.320. The Morgan fingerprint density at radius 3 is 1.74 bits per heavy atom. The normalized spacial score (nSPS) is 19.1. The zero-order valence-corrected chi connectivity index (χ0v) is 20.2. The fourth-order valence-electron chi connectivity index (χ4n) is 2.95. The van der Waals surface area contributed by atoms with Gasteiger partial charge in [0.05, 0.1) is 0 Å². The molecule has 9 heteroatoms. The molecule has 0 saturated carbocycles. The van der Waals surface area contributed by atoms with E-state index >= 15 is 0 Å². The number of nitrogens with zero attached hydrogens (tertiary/aromatic N) is 2. The van der Waals surface area contributed by atoms with Crippen molar-refractivity contribution in [3.05, 3.63) is 53.3 Å². The SMILES string of the molecule is c1ccc2c(=C3Sc4nccnc4S3)[se]c(=C3SC4=C(SCCS4)S3)c2c1. The van der Waals surface area contributed by atoms with Crippen molar-refractivity contribution in [1.82, 2.24) is 9.97 Å². The maximum atomic E-state index is 4.50. The Bertz CT molecular complexity index is 1200. The first-order valence-electron chi connectivity index (χ1n) is 8.15. The topological polar surface area (TPSA) is 25.8 Å². The zero-order chi connectivity index (χ0) is 17.8. The van der Waals surface area contributed by atoms with Crippen molar-refractivity contribution < 1.29 is 0 Å². The molecule has 0 radical (unpaired) electrons. The van der Waals surface area contributed by atoms with Crippen LogP contribution in [0.3, 0.4) is 0 Å². The van der Waals surface area contributed by atoms with E-state index < -0.39 is 0 Å². The first kappa shape index (κ1) is 18.0. The molecule has 0 unspecified atom stereocenters. The molecule has 0 amide bonds. The standard InChI is InChI=1S/C18H10N2S6Se/c1-2-4-10-9(3-1)11(15-23-13-14(24-15)20-6-5-19-13)27-12(10)16-25-17-18(26-16)22-8-7-21-17/h1-6H,7-8H2. The van der Waals surface area contributed by atoms with E-state index in [4.69, 9.17) is 0 Å². The van der Waals surface area contributed by atoms with Crippen LogP contribution in [-0.2, 0) is 0 Å². The first-order valence-corrected chi connectivity index (χ1v) is 15.1. The summed E-state index contributed by atoms with van der Waals surface area (Å²) in [6.45, 7) is 0. The zero-order valence-electron chi connectivity index (χ0n) is 13.6. The van der Waals surface area contributed by atoms with E-state index in [1.165, 1.54) is 43.3 Å². The maximum absolute atomic E-state index is 4.50. The monoisotopic (exact) mass is 526 g/mol. The van der Waals surface area contributed by atoms with E-state index in [9.17, 15) is 0 Å². The van der Waals surface area contributed by atoms with Gasteiger partial charge in [-0.2, -0.15) is 0 Å². The van der Waals surface area contributed by atoms with Gasteiger partial charge >= 0.3 is 189 Å². The van der Waals surface area contributed by atoms with Gasteiger partial charge in [0.1, 0.15) is 0 Å². The molecule has 0 bridgehead atoms.